The van der Waals surface area contributed by atoms with Crippen molar-refractivity contribution in [1.82, 2.24) is 9.47 Å². The highest BCUT2D eigenvalue weighted by molar-refractivity contribution is 7.07. The molecule has 0 aliphatic carbocycles. The monoisotopic (exact) mass is 386 g/mol. The van der Waals surface area contributed by atoms with Crippen LogP contribution in [0.3, 0.4) is 0 Å². The summed E-state index contributed by atoms with van der Waals surface area (Å²) in [5.41, 5.74) is 3.65. The first kappa shape index (κ1) is 19.6. The van der Waals surface area contributed by atoms with Gasteiger partial charge < -0.3 is 14.6 Å². The number of carbonyl (C=O) groups excluding carboxylic acids is 1. The van der Waals surface area contributed by atoms with Gasteiger partial charge in [-0.25, -0.2) is 0 Å². The molecule has 3 heterocycles. The molecule has 1 amide bonds. The molecule has 3 rings (SSSR count). The summed E-state index contributed by atoms with van der Waals surface area (Å²) < 4.78 is 7.78. The van der Waals surface area contributed by atoms with Crippen LogP contribution in [-0.4, -0.2) is 41.7 Å². The predicted octanol–water partition coefficient (Wildman–Crippen LogP) is 3.29. The Morgan fingerprint density at radius 1 is 1.52 bits per heavy atom. The number of thiophene rings is 1. The van der Waals surface area contributed by atoms with Gasteiger partial charge in [0.1, 0.15) is 11.9 Å². The lowest BCUT2D eigenvalue weighted by atomic mass is 10.2. The number of carbonyl (C=O) groups is 1. The van der Waals surface area contributed by atoms with Crippen LogP contribution in [0, 0.1) is 25.2 Å². The van der Waals surface area contributed by atoms with Gasteiger partial charge in [0.05, 0.1) is 24.8 Å². The largest absolute Gasteiger partial charge is 0.376 e. The number of aromatic nitrogens is 1. The van der Waals surface area contributed by atoms with E-state index in [1.165, 1.54) is 5.56 Å². The highest BCUT2D eigenvalue weighted by Gasteiger charge is 2.24. The van der Waals surface area contributed by atoms with Gasteiger partial charge in [-0.2, -0.15) is 16.6 Å². The number of rotatable bonds is 7. The third-order valence-electron chi connectivity index (χ3n) is 5.06. The molecule has 0 radical (unpaired) electrons. The van der Waals surface area contributed by atoms with Crippen LogP contribution in [0.1, 0.15) is 35.2 Å². The van der Waals surface area contributed by atoms with E-state index in [2.05, 4.69) is 22.8 Å². The maximum absolute atomic E-state index is 12.6. The van der Waals surface area contributed by atoms with Gasteiger partial charge in [0.15, 0.2) is 0 Å². The number of nitrogens with one attached hydrogen (secondary N) is 1. The van der Waals surface area contributed by atoms with E-state index >= 15 is 0 Å². The van der Waals surface area contributed by atoms with E-state index in [0.29, 0.717) is 17.9 Å². The van der Waals surface area contributed by atoms with Gasteiger partial charge in [0, 0.05) is 18.8 Å². The number of hydrogen-bond donors (Lipinski definition) is 1. The van der Waals surface area contributed by atoms with E-state index < -0.39 is 0 Å². The van der Waals surface area contributed by atoms with E-state index in [-0.39, 0.29) is 18.6 Å². The van der Waals surface area contributed by atoms with Crippen molar-refractivity contribution in [2.45, 2.75) is 45.9 Å². The Balaban J connectivity index is 1.73. The Labute approximate surface area is 164 Å². The van der Waals surface area contributed by atoms with Gasteiger partial charge in [0.2, 0.25) is 5.91 Å². The molecule has 144 valence electrons. The molecule has 1 fully saturated rings. The van der Waals surface area contributed by atoms with Gasteiger partial charge >= 0.3 is 0 Å². The van der Waals surface area contributed by atoms with Crippen molar-refractivity contribution in [3.8, 4) is 6.07 Å². The molecule has 1 saturated heterocycles. The second kappa shape index (κ2) is 8.70. The van der Waals surface area contributed by atoms with E-state index in [1.807, 2.05) is 35.7 Å². The van der Waals surface area contributed by atoms with E-state index in [0.717, 1.165) is 37.3 Å². The summed E-state index contributed by atoms with van der Waals surface area (Å²) in [4.78, 5) is 14.6. The lowest BCUT2D eigenvalue weighted by molar-refractivity contribution is -0.117. The second-order valence-electron chi connectivity index (χ2n) is 7.14. The molecular weight excluding hydrogens is 360 g/mol. The molecule has 1 aliphatic rings. The van der Waals surface area contributed by atoms with Crippen LogP contribution in [-0.2, 0) is 22.6 Å². The molecule has 7 heteroatoms. The van der Waals surface area contributed by atoms with Crippen LogP contribution in [0.5, 0.6) is 0 Å². The number of nitrogens with zero attached hydrogens (tertiary/aromatic N) is 3. The zero-order valence-corrected chi connectivity index (χ0v) is 16.9. The molecule has 1 N–H and O–H groups in total. The highest BCUT2D eigenvalue weighted by Crippen LogP contribution is 2.28. The quantitative estimate of drug-likeness (QED) is 0.793. The number of nitriles is 1. The number of likely N-dealkylation sites (N-methyl/N-ethyl adjacent to an activating group) is 1. The molecule has 0 bridgehead atoms. The lowest BCUT2D eigenvalue weighted by Crippen LogP contribution is -2.31. The van der Waals surface area contributed by atoms with Crippen molar-refractivity contribution in [3.63, 3.8) is 0 Å². The fourth-order valence-corrected chi connectivity index (χ4v) is 4.18. The van der Waals surface area contributed by atoms with Crippen molar-refractivity contribution in [1.29, 1.82) is 5.26 Å². The number of anilines is 1. The van der Waals surface area contributed by atoms with Crippen molar-refractivity contribution in [2.24, 2.45) is 0 Å². The Morgan fingerprint density at radius 2 is 2.33 bits per heavy atom. The molecule has 0 aromatic carbocycles. The lowest BCUT2D eigenvalue weighted by Gasteiger charge is -2.19. The summed E-state index contributed by atoms with van der Waals surface area (Å²) in [7, 11) is 1.92. The van der Waals surface area contributed by atoms with Crippen LogP contribution >= 0.6 is 11.3 Å². The van der Waals surface area contributed by atoms with Gasteiger partial charge in [-0.15, -0.1) is 0 Å². The van der Waals surface area contributed by atoms with Crippen LogP contribution in [0.2, 0.25) is 0 Å². The molecule has 0 unspecified atom stereocenters. The molecule has 6 nitrogen and oxygen atoms in total. The zero-order chi connectivity index (χ0) is 19.4. The fourth-order valence-electron chi connectivity index (χ4n) is 3.52. The number of amides is 1. The topological polar surface area (TPSA) is 70.3 Å². The van der Waals surface area contributed by atoms with Gasteiger partial charge in [0.25, 0.3) is 0 Å². The third kappa shape index (κ3) is 4.59. The van der Waals surface area contributed by atoms with Crippen LogP contribution < -0.4 is 5.32 Å². The van der Waals surface area contributed by atoms with Gasteiger partial charge in [-0.05, 0) is 61.7 Å². The fraction of sp³-hybridized carbons (Fsp3) is 0.500. The van der Waals surface area contributed by atoms with Crippen molar-refractivity contribution in [2.75, 3.05) is 25.5 Å². The number of hydrogen-bond acceptors (Lipinski definition) is 5. The summed E-state index contributed by atoms with van der Waals surface area (Å²) in [5, 5.41) is 16.7. The highest BCUT2D eigenvalue weighted by atomic mass is 32.1. The van der Waals surface area contributed by atoms with E-state index in [9.17, 15) is 10.1 Å². The average Bonchev–Trinajstić information content (AvgIpc) is 3.35. The Kier molecular flexibility index (Phi) is 6.32. The maximum Gasteiger partial charge on any atom is 0.239 e. The summed E-state index contributed by atoms with van der Waals surface area (Å²) in [5.74, 6) is 0.479. The summed E-state index contributed by atoms with van der Waals surface area (Å²) in [6.07, 6.45) is 2.21. The summed E-state index contributed by atoms with van der Waals surface area (Å²) >= 11 is 1.65. The molecule has 27 heavy (non-hydrogen) atoms. The molecule has 0 spiro atoms. The maximum atomic E-state index is 12.6. The molecule has 1 atom stereocenters. The van der Waals surface area contributed by atoms with Gasteiger partial charge in [-0.3, -0.25) is 9.69 Å². The third-order valence-corrected chi connectivity index (χ3v) is 5.79. The molecule has 2 aromatic heterocycles. The van der Waals surface area contributed by atoms with Crippen molar-refractivity contribution in [3.05, 3.63) is 39.2 Å². The first-order valence-corrected chi connectivity index (χ1v) is 10.1. The first-order valence-electron chi connectivity index (χ1n) is 9.20. The standard InChI is InChI=1S/C20H26N4O2S/c1-14-15(2)24(11-17-5-4-7-26-17)20(18(14)9-21)22-19(25)12-23(3)10-16-6-8-27-13-16/h6,8,13,17H,4-5,7,10-12H2,1-3H3,(H,22,25)/t17-/m0/s1. The first-order chi connectivity index (χ1) is 13.0. The Hall–Kier alpha value is -2.14. The number of ether oxygens (including phenoxy) is 1. The molecule has 1 aliphatic heterocycles. The predicted molar refractivity (Wildman–Crippen MR) is 107 cm³/mol. The van der Waals surface area contributed by atoms with Crippen molar-refractivity contribution >= 4 is 23.1 Å². The van der Waals surface area contributed by atoms with E-state index in [1.54, 1.807) is 11.3 Å². The van der Waals surface area contributed by atoms with Crippen LogP contribution in [0.4, 0.5) is 5.82 Å². The molecule has 2 aromatic rings. The smallest absolute Gasteiger partial charge is 0.239 e. The van der Waals surface area contributed by atoms with Gasteiger partial charge in [-0.1, -0.05) is 0 Å². The summed E-state index contributed by atoms with van der Waals surface area (Å²) in [6, 6.07) is 4.32. The minimum Gasteiger partial charge on any atom is -0.376 e. The summed E-state index contributed by atoms with van der Waals surface area (Å²) in [6.45, 7) is 6.35. The van der Waals surface area contributed by atoms with E-state index in [4.69, 9.17) is 4.74 Å². The molecular formula is C20H26N4O2S. The zero-order valence-electron chi connectivity index (χ0n) is 16.1. The Bertz CT molecular complexity index is 829. The Morgan fingerprint density at radius 3 is 2.96 bits per heavy atom. The van der Waals surface area contributed by atoms with Crippen LogP contribution in [0.15, 0.2) is 16.8 Å². The minimum atomic E-state index is -0.115. The van der Waals surface area contributed by atoms with Crippen molar-refractivity contribution < 1.29 is 9.53 Å². The van der Waals surface area contributed by atoms with Crippen LogP contribution in [0.25, 0.3) is 0 Å². The normalized spacial score (nSPS) is 16.6. The average molecular weight is 387 g/mol. The minimum absolute atomic E-state index is 0.115. The SMILES string of the molecule is Cc1c(C#N)c(NC(=O)CN(C)Cc2ccsc2)n(C[C@@H]2CCCO2)c1C. The molecule has 0 saturated carbocycles. The second-order valence-corrected chi connectivity index (χ2v) is 7.92.